The summed E-state index contributed by atoms with van der Waals surface area (Å²) in [5.74, 6) is 0.981. The van der Waals surface area contributed by atoms with Gasteiger partial charge >= 0.3 is 0 Å². The molecule has 3 N–H and O–H groups in total. The fourth-order valence-electron chi connectivity index (χ4n) is 1.70. The molecule has 1 aliphatic carbocycles. The smallest absolute Gasteiger partial charge is 0.236 e. The third-order valence-corrected chi connectivity index (χ3v) is 2.99. The molecule has 3 heteroatoms. The van der Waals surface area contributed by atoms with E-state index >= 15 is 0 Å². The van der Waals surface area contributed by atoms with Gasteiger partial charge in [-0.2, -0.15) is 0 Å². The number of hydrogen-bond donors (Lipinski definition) is 2. The lowest BCUT2D eigenvalue weighted by molar-refractivity contribution is -0.122. The van der Waals surface area contributed by atoms with Gasteiger partial charge in [-0.05, 0) is 25.2 Å². The average molecular weight is 212 g/mol. The largest absolute Gasteiger partial charge is 0.355 e. The van der Waals surface area contributed by atoms with Crippen LogP contribution in [0.5, 0.6) is 0 Å². The van der Waals surface area contributed by atoms with Gasteiger partial charge in [-0.3, -0.25) is 4.79 Å². The molecular formula is C12H24N2O. The molecule has 0 aromatic rings. The van der Waals surface area contributed by atoms with Crippen molar-refractivity contribution in [3.63, 3.8) is 0 Å². The summed E-state index contributed by atoms with van der Waals surface area (Å²) in [5, 5.41) is 2.91. The Morgan fingerprint density at radius 3 is 2.80 bits per heavy atom. The van der Waals surface area contributed by atoms with Crippen LogP contribution in [-0.2, 0) is 4.79 Å². The highest BCUT2D eigenvalue weighted by Gasteiger charge is 2.20. The van der Waals surface area contributed by atoms with Gasteiger partial charge in [0.1, 0.15) is 0 Å². The Balaban J connectivity index is 1.95. The van der Waals surface area contributed by atoms with E-state index in [2.05, 4.69) is 12.2 Å². The Morgan fingerprint density at radius 2 is 2.20 bits per heavy atom. The lowest BCUT2D eigenvalue weighted by atomic mass is 10.1. The monoisotopic (exact) mass is 212 g/mol. The average Bonchev–Trinajstić information content (AvgIpc) is 3.04. The molecule has 0 saturated heterocycles. The van der Waals surface area contributed by atoms with E-state index in [9.17, 15) is 4.79 Å². The van der Waals surface area contributed by atoms with Gasteiger partial charge in [0.2, 0.25) is 5.91 Å². The minimum Gasteiger partial charge on any atom is -0.355 e. The second kappa shape index (κ2) is 6.83. The Labute approximate surface area is 92.8 Å². The molecule has 1 saturated carbocycles. The second-order valence-corrected chi connectivity index (χ2v) is 4.63. The van der Waals surface area contributed by atoms with Crippen LogP contribution >= 0.6 is 0 Å². The quantitative estimate of drug-likeness (QED) is 0.603. The van der Waals surface area contributed by atoms with Crippen molar-refractivity contribution in [3.8, 4) is 0 Å². The van der Waals surface area contributed by atoms with Crippen LogP contribution in [-0.4, -0.2) is 18.5 Å². The van der Waals surface area contributed by atoms with Crippen LogP contribution in [0.3, 0.4) is 0 Å². The van der Waals surface area contributed by atoms with Crippen molar-refractivity contribution < 1.29 is 4.79 Å². The van der Waals surface area contributed by atoms with Crippen molar-refractivity contribution in [3.05, 3.63) is 0 Å². The molecule has 0 bridgehead atoms. The van der Waals surface area contributed by atoms with Gasteiger partial charge in [0, 0.05) is 6.54 Å². The summed E-state index contributed by atoms with van der Waals surface area (Å²) in [6.07, 6.45) is 8.11. The molecule has 1 rings (SSSR count). The SMILES string of the molecule is CCCCC(N)C(=O)NCCCC1CC1. The van der Waals surface area contributed by atoms with Crippen molar-refractivity contribution in [1.82, 2.24) is 5.32 Å². The molecule has 1 unspecified atom stereocenters. The van der Waals surface area contributed by atoms with Gasteiger partial charge in [-0.15, -0.1) is 0 Å². The first-order valence-electron chi connectivity index (χ1n) is 6.27. The van der Waals surface area contributed by atoms with Crippen LogP contribution in [0.4, 0.5) is 0 Å². The first kappa shape index (κ1) is 12.5. The molecule has 0 aromatic heterocycles. The lowest BCUT2D eigenvalue weighted by Gasteiger charge is -2.11. The number of amides is 1. The van der Waals surface area contributed by atoms with E-state index in [1.165, 1.54) is 19.3 Å². The van der Waals surface area contributed by atoms with Gasteiger partial charge in [0.05, 0.1) is 6.04 Å². The zero-order chi connectivity index (χ0) is 11.1. The molecule has 3 nitrogen and oxygen atoms in total. The Morgan fingerprint density at radius 1 is 1.47 bits per heavy atom. The summed E-state index contributed by atoms with van der Waals surface area (Å²) in [6.45, 7) is 2.91. The minimum atomic E-state index is -0.300. The number of rotatable bonds is 8. The first-order chi connectivity index (χ1) is 7.24. The molecule has 0 radical (unpaired) electrons. The highest BCUT2D eigenvalue weighted by Crippen LogP contribution is 2.33. The van der Waals surface area contributed by atoms with E-state index in [1.54, 1.807) is 0 Å². The molecule has 1 amide bonds. The molecule has 1 atom stereocenters. The molecule has 0 aromatic carbocycles. The highest BCUT2D eigenvalue weighted by atomic mass is 16.2. The van der Waals surface area contributed by atoms with Gasteiger partial charge < -0.3 is 11.1 Å². The van der Waals surface area contributed by atoms with E-state index in [-0.39, 0.29) is 11.9 Å². The maximum Gasteiger partial charge on any atom is 0.236 e. The molecule has 1 fully saturated rings. The van der Waals surface area contributed by atoms with Gasteiger partial charge in [0.15, 0.2) is 0 Å². The maximum absolute atomic E-state index is 11.5. The van der Waals surface area contributed by atoms with E-state index in [0.717, 1.165) is 38.1 Å². The van der Waals surface area contributed by atoms with Crippen LogP contribution in [0.15, 0.2) is 0 Å². The molecule has 0 aliphatic heterocycles. The number of hydrogen-bond acceptors (Lipinski definition) is 2. The van der Waals surface area contributed by atoms with Gasteiger partial charge in [-0.1, -0.05) is 32.6 Å². The zero-order valence-electron chi connectivity index (χ0n) is 9.80. The first-order valence-corrected chi connectivity index (χ1v) is 6.27. The standard InChI is InChI=1S/C12H24N2O/c1-2-3-6-11(13)12(15)14-9-4-5-10-7-8-10/h10-11H,2-9,13H2,1H3,(H,14,15). The van der Waals surface area contributed by atoms with Crippen molar-refractivity contribution in [2.75, 3.05) is 6.54 Å². The predicted octanol–water partition coefficient (Wildman–Crippen LogP) is 1.81. The number of nitrogens with one attached hydrogen (secondary N) is 1. The minimum absolute atomic E-state index is 0.0271. The molecule has 0 heterocycles. The zero-order valence-corrected chi connectivity index (χ0v) is 9.80. The predicted molar refractivity (Wildman–Crippen MR) is 62.5 cm³/mol. The lowest BCUT2D eigenvalue weighted by Crippen LogP contribution is -2.40. The fourth-order valence-corrected chi connectivity index (χ4v) is 1.70. The maximum atomic E-state index is 11.5. The highest BCUT2D eigenvalue weighted by molar-refractivity contribution is 5.81. The van der Waals surface area contributed by atoms with Crippen LogP contribution < -0.4 is 11.1 Å². The van der Waals surface area contributed by atoms with E-state index in [0.29, 0.717) is 0 Å². The summed E-state index contributed by atoms with van der Waals surface area (Å²) in [4.78, 5) is 11.5. The third kappa shape index (κ3) is 5.78. The number of carbonyl (C=O) groups is 1. The molecule has 88 valence electrons. The fraction of sp³-hybridized carbons (Fsp3) is 0.917. The number of unbranched alkanes of at least 4 members (excludes halogenated alkanes) is 1. The van der Waals surface area contributed by atoms with E-state index in [1.807, 2.05) is 0 Å². The summed E-state index contributed by atoms with van der Waals surface area (Å²) < 4.78 is 0. The Bertz CT molecular complexity index is 190. The normalized spacial score (nSPS) is 17.5. The molecule has 15 heavy (non-hydrogen) atoms. The van der Waals surface area contributed by atoms with Crippen molar-refractivity contribution >= 4 is 5.91 Å². The van der Waals surface area contributed by atoms with Gasteiger partial charge in [-0.25, -0.2) is 0 Å². The Hall–Kier alpha value is -0.570. The number of carbonyl (C=O) groups excluding carboxylic acids is 1. The third-order valence-electron chi connectivity index (χ3n) is 2.99. The number of nitrogens with two attached hydrogens (primary N) is 1. The summed E-state index contributed by atoms with van der Waals surface area (Å²) >= 11 is 0. The van der Waals surface area contributed by atoms with Crippen LogP contribution in [0, 0.1) is 5.92 Å². The summed E-state index contributed by atoms with van der Waals surface area (Å²) in [7, 11) is 0. The van der Waals surface area contributed by atoms with Crippen molar-refractivity contribution in [2.24, 2.45) is 11.7 Å². The summed E-state index contributed by atoms with van der Waals surface area (Å²) in [6, 6.07) is -0.300. The Kier molecular flexibility index (Phi) is 5.69. The van der Waals surface area contributed by atoms with Crippen molar-refractivity contribution in [1.29, 1.82) is 0 Å². The van der Waals surface area contributed by atoms with Crippen molar-refractivity contribution in [2.45, 2.75) is 57.9 Å². The summed E-state index contributed by atoms with van der Waals surface area (Å²) in [5.41, 5.74) is 5.75. The van der Waals surface area contributed by atoms with E-state index < -0.39 is 0 Å². The van der Waals surface area contributed by atoms with Gasteiger partial charge in [0.25, 0.3) is 0 Å². The molecule has 1 aliphatic rings. The second-order valence-electron chi connectivity index (χ2n) is 4.63. The van der Waals surface area contributed by atoms with Crippen LogP contribution in [0.2, 0.25) is 0 Å². The topological polar surface area (TPSA) is 55.1 Å². The molecular weight excluding hydrogens is 188 g/mol. The van der Waals surface area contributed by atoms with Crippen LogP contribution in [0.25, 0.3) is 0 Å². The van der Waals surface area contributed by atoms with Crippen LogP contribution in [0.1, 0.15) is 51.9 Å². The van der Waals surface area contributed by atoms with E-state index in [4.69, 9.17) is 5.73 Å². The molecule has 0 spiro atoms.